The van der Waals surface area contributed by atoms with Crippen molar-refractivity contribution in [2.75, 3.05) is 11.9 Å². The fraction of sp³-hybridized carbons (Fsp3) is 0.545. The molecule has 1 amide bonds. The highest BCUT2D eigenvalue weighted by Crippen LogP contribution is 2.34. The van der Waals surface area contributed by atoms with Crippen LogP contribution in [-0.4, -0.2) is 28.3 Å². The molecule has 0 spiro atoms. The van der Waals surface area contributed by atoms with Crippen LogP contribution < -0.4 is 11.1 Å². The maximum atomic E-state index is 12.0. The molecule has 0 saturated heterocycles. The highest BCUT2D eigenvalue weighted by Gasteiger charge is 2.35. The number of nitrogens with zero attached hydrogens (tertiary/aromatic N) is 2. The van der Waals surface area contributed by atoms with Gasteiger partial charge in [0.25, 0.3) is 0 Å². The smallest absolute Gasteiger partial charge is 0.226 e. The molecule has 1 saturated carbocycles. The predicted molar refractivity (Wildman–Crippen MR) is 69.5 cm³/mol. The van der Waals surface area contributed by atoms with E-state index in [0.717, 1.165) is 36.4 Å². The van der Waals surface area contributed by atoms with Crippen LogP contribution in [0.2, 0.25) is 0 Å². The molecule has 0 aromatic carbocycles. The number of nitrogens with two attached hydrogens (primary N) is 1. The van der Waals surface area contributed by atoms with E-state index >= 15 is 0 Å². The maximum Gasteiger partial charge on any atom is 0.226 e. The minimum absolute atomic E-state index is 0.105. The van der Waals surface area contributed by atoms with Crippen molar-refractivity contribution >= 4 is 28.3 Å². The largest absolute Gasteiger partial charge is 0.370 e. The molecule has 0 radical (unpaired) electrons. The minimum atomic E-state index is -0.105. The number of fused-ring (bicyclic) bond motifs is 1. The summed E-state index contributed by atoms with van der Waals surface area (Å²) in [5.74, 6) is 0.455. The number of aromatic nitrogens is 1. The van der Waals surface area contributed by atoms with Crippen molar-refractivity contribution in [3.8, 4) is 0 Å². The summed E-state index contributed by atoms with van der Waals surface area (Å²) in [6.45, 7) is 1.41. The van der Waals surface area contributed by atoms with Gasteiger partial charge in [-0.2, -0.15) is 0 Å². The quantitative estimate of drug-likeness (QED) is 0.543. The van der Waals surface area contributed by atoms with Crippen LogP contribution in [0, 0.1) is 11.3 Å². The molecule has 2 heterocycles. The first-order chi connectivity index (χ1) is 8.63. The van der Waals surface area contributed by atoms with Crippen molar-refractivity contribution in [1.82, 2.24) is 9.88 Å². The number of thiazole rings is 1. The van der Waals surface area contributed by atoms with Crippen LogP contribution in [0.25, 0.3) is 0 Å². The standard InChI is InChI=1S/C11H15N5OS/c12-10(13)15-11-14-7-3-4-16(5-8(7)18-11)9(17)6-1-2-6/h6H,1-5H2,(H4,12,13,14,15). The molecular weight excluding hydrogens is 250 g/mol. The van der Waals surface area contributed by atoms with Gasteiger partial charge in [0, 0.05) is 23.8 Å². The summed E-state index contributed by atoms with van der Waals surface area (Å²) in [6.07, 6.45) is 2.88. The molecule has 6 nitrogen and oxygen atoms in total. The zero-order chi connectivity index (χ0) is 12.7. The lowest BCUT2D eigenvalue weighted by atomic mass is 10.1. The molecule has 0 bridgehead atoms. The summed E-state index contributed by atoms with van der Waals surface area (Å²) in [5.41, 5.74) is 6.31. The van der Waals surface area contributed by atoms with Crippen LogP contribution in [0.4, 0.5) is 5.13 Å². The third kappa shape index (κ3) is 2.17. The second kappa shape index (κ2) is 4.24. The number of hydrogen-bond donors (Lipinski definition) is 3. The van der Waals surface area contributed by atoms with Gasteiger partial charge in [-0.25, -0.2) is 4.98 Å². The molecule has 1 fully saturated rings. The number of rotatable bonds is 2. The zero-order valence-electron chi connectivity index (χ0n) is 9.90. The van der Waals surface area contributed by atoms with Gasteiger partial charge in [-0.3, -0.25) is 10.2 Å². The summed E-state index contributed by atoms with van der Waals surface area (Å²) in [4.78, 5) is 19.4. The topological polar surface area (TPSA) is 95.1 Å². The predicted octanol–water partition coefficient (Wildman–Crippen LogP) is 0.743. The van der Waals surface area contributed by atoms with E-state index in [2.05, 4.69) is 10.3 Å². The summed E-state index contributed by atoms with van der Waals surface area (Å²) in [7, 11) is 0. The molecular formula is C11H15N5OS. The van der Waals surface area contributed by atoms with Crippen molar-refractivity contribution in [2.45, 2.75) is 25.8 Å². The van der Waals surface area contributed by atoms with Crippen LogP contribution in [0.15, 0.2) is 0 Å². The molecule has 1 aromatic rings. The number of amides is 1. The molecule has 1 aromatic heterocycles. The highest BCUT2D eigenvalue weighted by molar-refractivity contribution is 7.15. The Morgan fingerprint density at radius 3 is 3.00 bits per heavy atom. The first-order valence-electron chi connectivity index (χ1n) is 6.02. The van der Waals surface area contributed by atoms with E-state index < -0.39 is 0 Å². The Morgan fingerprint density at radius 1 is 1.56 bits per heavy atom. The average Bonchev–Trinajstić information content (AvgIpc) is 3.08. The third-order valence-electron chi connectivity index (χ3n) is 3.21. The normalized spacial score (nSPS) is 18.3. The number of hydrogen-bond acceptors (Lipinski definition) is 4. The van der Waals surface area contributed by atoms with Crippen LogP contribution in [-0.2, 0) is 17.8 Å². The average molecular weight is 265 g/mol. The number of carbonyl (C=O) groups excluding carboxylic acids is 1. The van der Waals surface area contributed by atoms with Crippen molar-refractivity contribution in [3.63, 3.8) is 0 Å². The fourth-order valence-electron chi connectivity index (χ4n) is 2.14. The minimum Gasteiger partial charge on any atom is -0.370 e. The number of nitrogens with one attached hydrogen (secondary N) is 2. The van der Waals surface area contributed by atoms with Crippen LogP contribution in [0.1, 0.15) is 23.4 Å². The summed E-state index contributed by atoms with van der Waals surface area (Å²) in [5, 5.41) is 10.5. The zero-order valence-corrected chi connectivity index (χ0v) is 10.7. The summed E-state index contributed by atoms with van der Waals surface area (Å²) >= 11 is 1.48. The van der Waals surface area contributed by atoms with Gasteiger partial charge in [0.1, 0.15) is 0 Å². The number of anilines is 1. The SMILES string of the molecule is N=C(N)Nc1nc2c(s1)CN(C(=O)C1CC1)CC2. The second-order valence-corrected chi connectivity index (χ2v) is 5.80. The van der Waals surface area contributed by atoms with Gasteiger partial charge >= 0.3 is 0 Å². The first-order valence-corrected chi connectivity index (χ1v) is 6.83. The highest BCUT2D eigenvalue weighted by atomic mass is 32.1. The Kier molecular flexibility index (Phi) is 2.70. The fourth-order valence-corrected chi connectivity index (χ4v) is 3.18. The summed E-state index contributed by atoms with van der Waals surface area (Å²) < 4.78 is 0. The molecule has 1 aliphatic heterocycles. The lowest BCUT2D eigenvalue weighted by Crippen LogP contribution is -2.36. The van der Waals surface area contributed by atoms with Gasteiger partial charge in [-0.1, -0.05) is 11.3 Å². The maximum absolute atomic E-state index is 12.0. The molecule has 18 heavy (non-hydrogen) atoms. The van der Waals surface area contributed by atoms with Crippen molar-refractivity contribution in [1.29, 1.82) is 5.41 Å². The monoisotopic (exact) mass is 265 g/mol. The van der Waals surface area contributed by atoms with Gasteiger partial charge in [-0.05, 0) is 12.8 Å². The molecule has 7 heteroatoms. The molecule has 3 rings (SSSR count). The Balaban J connectivity index is 1.73. The first kappa shape index (κ1) is 11.5. The number of carbonyl (C=O) groups is 1. The lowest BCUT2D eigenvalue weighted by Gasteiger charge is -2.26. The van der Waals surface area contributed by atoms with E-state index in [1.165, 1.54) is 11.3 Å². The van der Waals surface area contributed by atoms with Gasteiger partial charge in [0.2, 0.25) is 5.91 Å². The van der Waals surface area contributed by atoms with E-state index in [4.69, 9.17) is 11.1 Å². The van der Waals surface area contributed by atoms with Gasteiger partial charge in [0.05, 0.1) is 12.2 Å². The Hall–Kier alpha value is -1.63. The lowest BCUT2D eigenvalue weighted by molar-refractivity contribution is -0.133. The molecule has 0 atom stereocenters. The third-order valence-corrected chi connectivity index (χ3v) is 4.21. The van der Waals surface area contributed by atoms with Crippen LogP contribution in [0.5, 0.6) is 0 Å². The van der Waals surface area contributed by atoms with Crippen molar-refractivity contribution in [3.05, 3.63) is 10.6 Å². The van der Waals surface area contributed by atoms with E-state index in [1.54, 1.807) is 0 Å². The van der Waals surface area contributed by atoms with E-state index in [-0.39, 0.29) is 17.8 Å². The van der Waals surface area contributed by atoms with Crippen LogP contribution >= 0.6 is 11.3 Å². The van der Waals surface area contributed by atoms with E-state index in [0.29, 0.717) is 11.7 Å². The number of guanidine groups is 1. The molecule has 1 aliphatic carbocycles. The van der Waals surface area contributed by atoms with Crippen LogP contribution in [0.3, 0.4) is 0 Å². The molecule has 96 valence electrons. The van der Waals surface area contributed by atoms with E-state index in [1.807, 2.05) is 4.90 Å². The van der Waals surface area contributed by atoms with E-state index in [9.17, 15) is 4.79 Å². The Morgan fingerprint density at radius 2 is 2.33 bits per heavy atom. The van der Waals surface area contributed by atoms with Crippen molar-refractivity contribution in [2.24, 2.45) is 11.7 Å². The molecule has 4 N–H and O–H groups in total. The Bertz CT molecular complexity index is 508. The van der Waals surface area contributed by atoms with Gasteiger partial charge < -0.3 is 16.0 Å². The van der Waals surface area contributed by atoms with Crippen molar-refractivity contribution < 1.29 is 4.79 Å². The molecule has 0 unspecified atom stereocenters. The molecule has 2 aliphatic rings. The van der Waals surface area contributed by atoms with Gasteiger partial charge in [0.15, 0.2) is 11.1 Å². The Labute approximate surface area is 109 Å². The second-order valence-electron chi connectivity index (χ2n) is 4.71. The van der Waals surface area contributed by atoms with Gasteiger partial charge in [-0.15, -0.1) is 0 Å². The summed E-state index contributed by atoms with van der Waals surface area (Å²) in [6, 6.07) is 0.